The summed E-state index contributed by atoms with van der Waals surface area (Å²) < 4.78 is 5.93. The predicted molar refractivity (Wildman–Crippen MR) is 130 cm³/mol. The maximum atomic E-state index is 12.6. The Morgan fingerprint density at radius 3 is 2.59 bits per heavy atom. The van der Waals surface area contributed by atoms with Crippen LogP contribution in [0.3, 0.4) is 0 Å². The lowest BCUT2D eigenvalue weighted by molar-refractivity contribution is -0.118. The second kappa shape index (κ2) is 8.87. The fourth-order valence-corrected chi connectivity index (χ4v) is 4.30. The van der Waals surface area contributed by atoms with Gasteiger partial charge in [-0.2, -0.15) is 0 Å². The summed E-state index contributed by atoms with van der Waals surface area (Å²) in [5.74, 6) is 2.17. The minimum absolute atomic E-state index is 0.0739. The summed E-state index contributed by atoms with van der Waals surface area (Å²) in [5, 5.41) is 6.08. The van der Waals surface area contributed by atoms with Crippen LogP contribution in [0, 0.1) is 5.92 Å². The summed E-state index contributed by atoms with van der Waals surface area (Å²) in [6.07, 6.45) is 2.37. The number of piperidine rings is 1. The molecule has 1 N–H and O–H groups in total. The molecule has 0 aliphatic carbocycles. The first-order valence-corrected chi connectivity index (χ1v) is 11.2. The maximum absolute atomic E-state index is 12.6. The van der Waals surface area contributed by atoms with Crippen molar-refractivity contribution in [2.24, 2.45) is 5.92 Å². The molecular weight excluding hydrogens is 398 g/mol. The molecule has 162 valence electrons. The van der Waals surface area contributed by atoms with Crippen LogP contribution in [0.25, 0.3) is 21.7 Å². The van der Waals surface area contributed by atoms with E-state index in [2.05, 4.69) is 29.3 Å². The Hall–Kier alpha value is -3.60. The van der Waals surface area contributed by atoms with E-state index in [1.807, 2.05) is 60.7 Å². The molecule has 1 saturated heterocycles. The van der Waals surface area contributed by atoms with E-state index in [1.54, 1.807) is 0 Å². The normalized spacial score (nSPS) is 14.6. The van der Waals surface area contributed by atoms with Gasteiger partial charge in [-0.15, -0.1) is 0 Å². The number of fused-ring (bicyclic) bond motifs is 2. The molecule has 5 heteroatoms. The van der Waals surface area contributed by atoms with Crippen LogP contribution >= 0.6 is 0 Å². The molecule has 32 heavy (non-hydrogen) atoms. The highest BCUT2D eigenvalue weighted by Gasteiger charge is 2.18. The van der Waals surface area contributed by atoms with E-state index in [9.17, 15) is 4.79 Å². The zero-order chi connectivity index (χ0) is 21.9. The van der Waals surface area contributed by atoms with E-state index in [0.29, 0.717) is 5.75 Å². The number of nitrogens with one attached hydrogen (secondary N) is 1. The summed E-state index contributed by atoms with van der Waals surface area (Å²) in [5.41, 5.74) is 1.58. The zero-order valence-electron chi connectivity index (χ0n) is 18.3. The smallest absolute Gasteiger partial charge is 0.262 e. The molecule has 5 rings (SSSR count). The Morgan fingerprint density at radius 1 is 0.969 bits per heavy atom. The molecule has 5 nitrogen and oxygen atoms in total. The number of amides is 1. The van der Waals surface area contributed by atoms with Crippen molar-refractivity contribution in [3.63, 3.8) is 0 Å². The van der Waals surface area contributed by atoms with Gasteiger partial charge >= 0.3 is 0 Å². The first-order valence-electron chi connectivity index (χ1n) is 11.2. The molecule has 0 spiro atoms. The fourth-order valence-electron chi connectivity index (χ4n) is 4.30. The highest BCUT2D eigenvalue weighted by atomic mass is 16.5. The van der Waals surface area contributed by atoms with Crippen molar-refractivity contribution < 1.29 is 9.53 Å². The second-order valence-electron chi connectivity index (χ2n) is 8.53. The number of rotatable bonds is 5. The van der Waals surface area contributed by atoms with Crippen LogP contribution in [0.1, 0.15) is 19.8 Å². The minimum Gasteiger partial charge on any atom is -0.481 e. The number of carbonyl (C=O) groups excluding carboxylic acids is 1. The lowest BCUT2D eigenvalue weighted by Gasteiger charge is -2.31. The lowest BCUT2D eigenvalue weighted by Crippen LogP contribution is -2.33. The SMILES string of the molecule is CC1CCN(c2ccc3cccc(OCC(=O)Nc4cccc5ccccc45)c3n2)CC1. The topological polar surface area (TPSA) is 54.5 Å². The van der Waals surface area contributed by atoms with Gasteiger partial charge in [-0.05, 0) is 48.4 Å². The van der Waals surface area contributed by atoms with E-state index < -0.39 is 0 Å². The molecule has 1 fully saturated rings. The molecule has 1 aliphatic rings. The molecule has 3 aromatic carbocycles. The van der Waals surface area contributed by atoms with Gasteiger partial charge in [0.15, 0.2) is 6.61 Å². The van der Waals surface area contributed by atoms with E-state index in [1.165, 1.54) is 12.8 Å². The van der Waals surface area contributed by atoms with E-state index in [-0.39, 0.29) is 12.5 Å². The van der Waals surface area contributed by atoms with E-state index in [0.717, 1.165) is 52.2 Å². The van der Waals surface area contributed by atoms with Gasteiger partial charge < -0.3 is 15.0 Å². The summed E-state index contributed by atoms with van der Waals surface area (Å²) in [6.45, 7) is 4.28. The summed E-state index contributed by atoms with van der Waals surface area (Å²) in [4.78, 5) is 19.9. The predicted octanol–water partition coefficient (Wildman–Crippen LogP) is 5.64. The van der Waals surface area contributed by atoms with Gasteiger partial charge in [0.2, 0.25) is 0 Å². The number of ether oxygens (including phenoxy) is 1. The van der Waals surface area contributed by atoms with Crippen LogP contribution in [-0.2, 0) is 4.79 Å². The molecule has 1 amide bonds. The Kier molecular flexibility index (Phi) is 5.63. The number of anilines is 2. The van der Waals surface area contributed by atoms with Gasteiger partial charge in [-0.1, -0.05) is 55.5 Å². The first kappa shape index (κ1) is 20.3. The maximum Gasteiger partial charge on any atom is 0.262 e. The van der Waals surface area contributed by atoms with Crippen LogP contribution < -0.4 is 15.0 Å². The molecule has 0 saturated carbocycles. The van der Waals surface area contributed by atoms with Crippen molar-refractivity contribution in [2.75, 3.05) is 29.9 Å². The average molecular weight is 426 g/mol. The van der Waals surface area contributed by atoms with Crippen LogP contribution in [0.5, 0.6) is 5.75 Å². The van der Waals surface area contributed by atoms with Gasteiger partial charge in [0, 0.05) is 29.5 Å². The number of hydrogen-bond donors (Lipinski definition) is 1. The number of benzene rings is 3. The van der Waals surface area contributed by atoms with Crippen molar-refractivity contribution >= 4 is 39.1 Å². The number of carbonyl (C=O) groups is 1. The molecule has 0 unspecified atom stereocenters. The van der Waals surface area contributed by atoms with Gasteiger partial charge in [-0.25, -0.2) is 4.98 Å². The second-order valence-corrected chi connectivity index (χ2v) is 8.53. The molecule has 0 radical (unpaired) electrons. The fraction of sp³-hybridized carbons (Fsp3) is 0.259. The summed E-state index contributed by atoms with van der Waals surface area (Å²) in [6, 6.07) is 23.9. The van der Waals surface area contributed by atoms with Crippen LogP contribution in [0.15, 0.2) is 72.8 Å². The number of aromatic nitrogens is 1. The van der Waals surface area contributed by atoms with Crippen molar-refractivity contribution in [3.05, 3.63) is 72.8 Å². The first-order chi connectivity index (χ1) is 15.7. The molecule has 0 atom stereocenters. The number of para-hydroxylation sites is 1. The lowest BCUT2D eigenvalue weighted by atomic mass is 9.99. The van der Waals surface area contributed by atoms with Crippen LogP contribution in [0.2, 0.25) is 0 Å². The molecule has 4 aromatic rings. The minimum atomic E-state index is -0.195. The van der Waals surface area contributed by atoms with Crippen molar-refractivity contribution in [2.45, 2.75) is 19.8 Å². The standard InChI is InChI=1S/C27H27N3O2/c1-19-14-16-30(17-15-19)25-13-12-21-8-5-11-24(27(21)29-25)32-18-26(31)28-23-10-4-7-20-6-2-3-9-22(20)23/h2-13,19H,14-18H2,1H3,(H,28,31). The summed E-state index contributed by atoms with van der Waals surface area (Å²) >= 11 is 0. The van der Waals surface area contributed by atoms with Gasteiger partial charge in [0.25, 0.3) is 5.91 Å². The highest BCUT2D eigenvalue weighted by molar-refractivity contribution is 6.02. The van der Waals surface area contributed by atoms with Crippen molar-refractivity contribution in [3.8, 4) is 5.75 Å². The summed E-state index contributed by atoms with van der Waals surface area (Å²) in [7, 11) is 0. The van der Waals surface area contributed by atoms with Crippen molar-refractivity contribution in [1.29, 1.82) is 0 Å². The molecule has 0 bridgehead atoms. The third-order valence-corrected chi connectivity index (χ3v) is 6.20. The Balaban J connectivity index is 1.32. The number of nitrogens with zero attached hydrogens (tertiary/aromatic N) is 2. The largest absolute Gasteiger partial charge is 0.481 e. The van der Waals surface area contributed by atoms with Gasteiger partial charge in [0.1, 0.15) is 17.1 Å². The number of pyridine rings is 1. The third-order valence-electron chi connectivity index (χ3n) is 6.20. The Labute approximate surface area is 188 Å². The molecular formula is C27H27N3O2. The number of hydrogen-bond acceptors (Lipinski definition) is 4. The van der Waals surface area contributed by atoms with Gasteiger partial charge in [-0.3, -0.25) is 4.79 Å². The quantitative estimate of drug-likeness (QED) is 0.449. The molecule has 2 heterocycles. The van der Waals surface area contributed by atoms with E-state index in [4.69, 9.17) is 9.72 Å². The highest BCUT2D eigenvalue weighted by Crippen LogP contribution is 2.29. The Bertz CT molecular complexity index is 1260. The monoisotopic (exact) mass is 425 g/mol. The van der Waals surface area contributed by atoms with Crippen LogP contribution in [0.4, 0.5) is 11.5 Å². The third kappa shape index (κ3) is 4.24. The van der Waals surface area contributed by atoms with E-state index >= 15 is 0 Å². The molecule has 1 aromatic heterocycles. The zero-order valence-corrected chi connectivity index (χ0v) is 18.3. The average Bonchev–Trinajstić information content (AvgIpc) is 2.83. The van der Waals surface area contributed by atoms with Crippen LogP contribution in [-0.4, -0.2) is 30.6 Å². The molecule has 1 aliphatic heterocycles. The Morgan fingerprint density at radius 2 is 1.72 bits per heavy atom. The van der Waals surface area contributed by atoms with Gasteiger partial charge in [0.05, 0.1) is 0 Å². The van der Waals surface area contributed by atoms with Crippen molar-refractivity contribution in [1.82, 2.24) is 4.98 Å².